The molecular formula is C13H11BrClF2NOS. The van der Waals surface area contributed by atoms with E-state index in [-0.39, 0.29) is 12.4 Å². The van der Waals surface area contributed by atoms with Crippen LogP contribution < -0.4 is 10.1 Å². The molecule has 1 heterocycles. The lowest BCUT2D eigenvalue weighted by Gasteiger charge is -2.09. The van der Waals surface area contributed by atoms with Crippen LogP contribution in [0.4, 0.5) is 8.78 Å². The molecule has 1 N–H and O–H groups in total. The van der Waals surface area contributed by atoms with Crippen LogP contribution in [0, 0.1) is 11.6 Å². The summed E-state index contributed by atoms with van der Waals surface area (Å²) in [5.41, 5.74) is 0. The SMILES string of the molecule is Fc1cc(Br)cc(OCCNCc2ccc(Cl)s2)c1F. The Kier molecular flexibility index (Phi) is 5.77. The predicted molar refractivity (Wildman–Crippen MR) is 80.6 cm³/mol. The molecule has 0 unspecified atom stereocenters. The Morgan fingerprint density at radius 3 is 2.80 bits per heavy atom. The Labute approximate surface area is 132 Å². The Morgan fingerprint density at radius 1 is 1.30 bits per heavy atom. The second-order valence-electron chi connectivity index (χ2n) is 3.93. The van der Waals surface area contributed by atoms with Gasteiger partial charge in [0.25, 0.3) is 0 Å². The summed E-state index contributed by atoms with van der Waals surface area (Å²) in [4.78, 5) is 1.11. The first-order valence-corrected chi connectivity index (χ1v) is 7.77. The number of benzene rings is 1. The first-order chi connectivity index (χ1) is 9.56. The van der Waals surface area contributed by atoms with Crippen molar-refractivity contribution in [1.29, 1.82) is 0 Å². The number of thiophene rings is 1. The van der Waals surface area contributed by atoms with Crippen molar-refractivity contribution < 1.29 is 13.5 Å². The zero-order valence-electron chi connectivity index (χ0n) is 10.3. The van der Waals surface area contributed by atoms with E-state index in [1.165, 1.54) is 17.4 Å². The van der Waals surface area contributed by atoms with Gasteiger partial charge >= 0.3 is 0 Å². The van der Waals surface area contributed by atoms with E-state index in [2.05, 4.69) is 21.2 Å². The summed E-state index contributed by atoms with van der Waals surface area (Å²) in [6.45, 7) is 1.42. The third kappa shape index (κ3) is 4.41. The number of hydrogen-bond acceptors (Lipinski definition) is 3. The van der Waals surface area contributed by atoms with Crippen molar-refractivity contribution in [1.82, 2.24) is 5.32 Å². The monoisotopic (exact) mass is 381 g/mol. The normalized spacial score (nSPS) is 10.8. The van der Waals surface area contributed by atoms with Crippen molar-refractivity contribution >= 4 is 38.9 Å². The minimum atomic E-state index is -0.974. The molecular weight excluding hydrogens is 372 g/mol. The lowest BCUT2D eigenvalue weighted by atomic mass is 10.3. The molecule has 7 heteroatoms. The van der Waals surface area contributed by atoms with Crippen LogP contribution in [0.15, 0.2) is 28.7 Å². The fraction of sp³-hybridized carbons (Fsp3) is 0.231. The summed E-state index contributed by atoms with van der Waals surface area (Å²) in [7, 11) is 0. The second-order valence-corrected chi connectivity index (χ2v) is 6.65. The van der Waals surface area contributed by atoms with Gasteiger partial charge in [-0.1, -0.05) is 27.5 Å². The predicted octanol–water partition coefficient (Wildman–Crippen LogP) is 4.61. The van der Waals surface area contributed by atoms with Gasteiger partial charge in [-0.25, -0.2) is 4.39 Å². The Bertz CT molecular complexity index is 594. The summed E-state index contributed by atoms with van der Waals surface area (Å²) < 4.78 is 32.9. The van der Waals surface area contributed by atoms with Gasteiger partial charge in [-0.2, -0.15) is 4.39 Å². The third-order valence-corrected chi connectivity index (χ3v) is 4.11. The van der Waals surface area contributed by atoms with Crippen molar-refractivity contribution in [2.24, 2.45) is 0 Å². The molecule has 0 fully saturated rings. The highest BCUT2D eigenvalue weighted by atomic mass is 79.9. The van der Waals surface area contributed by atoms with Crippen LogP contribution >= 0.6 is 38.9 Å². The molecule has 0 bridgehead atoms. The van der Waals surface area contributed by atoms with Crippen molar-refractivity contribution in [3.63, 3.8) is 0 Å². The van der Waals surface area contributed by atoms with Gasteiger partial charge in [-0.3, -0.25) is 0 Å². The standard InChI is InChI=1S/C13H11BrClF2NOS/c14-8-5-10(16)13(17)11(6-8)19-4-3-18-7-9-1-2-12(15)20-9/h1-2,5-6,18H,3-4,7H2. The van der Waals surface area contributed by atoms with Crippen molar-refractivity contribution in [2.75, 3.05) is 13.2 Å². The third-order valence-electron chi connectivity index (χ3n) is 2.42. The number of ether oxygens (including phenoxy) is 1. The molecule has 20 heavy (non-hydrogen) atoms. The maximum Gasteiger partial charge on any atom is 0.200 e. The first kappa shape index (κ1) is 15.7. The quantitative estimate of drug-likeness (QED) is 0.582. The van der Waals surface area contributed by atoms with E-state index in [0.29, 0.717) is 17.6 Å². The van der Waals surface area contributed by atoms with E-state index in [4.69, 9.17) is 16.3 Å². The van der Waals surface area contributed by atoms with Gasteiger partial charge in [0.15, 0.2) is 11.6 Å². The summed E-state index contributed by atoms with van der Waals surface area (Å²) >= 11 is 10.4. The summed E-state index contributed by atoms with van der Waals surface area (Å²) in [6.07, 6.45) is 0. The van der Waals surface area contributed by atoms with E-state index in [1.54, 1.807) is 0 Å². The van der Waals surface area contributed by atoms with E-state index >= 15 is 0 Å². The van der Waals surface area contributed by atoms with Crippen molar-refractivity contribution in [2.45, 2.75) is 6.54 Å². The lowest BCUT2D eigenvalue weighted by molar-refractivity contribution is 0.292. The maximum absolute atomic E-state index is 13.4. The number of halogens is 4. The van der Waals surface area contributed by atoms with Gasteiger partial charge in [0.05, 0.1) is 4.34 Å². The van der Waals surface area contributed by atoms with Gasteiger partial charge in [0.2, 0.25) is 5.82 Å². The Hall–Kier alpha value is -0.690. The van der Waals surface area contributed by atoms with Crippen molar-refractivity contribution in [3.8, 4) is 5.75 Å². The molecule has 0 aliphatic rings. The zero-order valence-corrected chi connectivity index (χ0v) is 13.4. The van der Waals surface area contributed by atoms with Gasteiger partial charge in [-0.05, 0) is 24.3 Å². The largest absolute Gasteiger partial charge is 0.489 e. The molecule has 0 radical (unpaired) electrons. The summed E-state index contributed by atoms with van der Waals surface area (Å²) in [5.74, 6) is -2.01. The maximum atomic E-state index is 13.4. The molecule has 0 atom stereocenters. The molecule has 0 aliphatic heterocycles. The van der Waals surface area contributed by atoms with E-state index < -0.39 is 11.6 Å². The Morgan fingerprint density at radius 2 is 2.10 bits per heavy atom. The molecule has 0 spiro atoms. The second kappa shape index (κ2) is 7.36. The van der Waals surface area contributed by atoms with Crippen molar-refractivity contribution in [3.05, 3.63) is 49.6 Å². The topological polar surface area (TPSA) is 21.3 Å². The average molecular weight is 383 g/mol. The molecule has 0 saturated heterocycles. The van der Waals surface area contributed by atoms with Crippen LogP contribution in [0.25, 0.3) is 0 Å². The first-order valence-electron chi connectivity index (χ1n) is 5.78. The van der Waals surface area contributed by atoms with Crippen LogP contribution in [0.5, 0.6) is 5.75 Å². The molecule has 0 saturated carbocycles. The minimum Gasteiger partial charge on any atom is -0.489 e. The minimum absolute atomic E-state index is 0.0992. The average Bonchev–Trinajstić information content (AvgIpc) is 2.80. The van der Waals surface area contributed by atoms with Gasteiger partial charge in [-0.15, -0.1) is 11.3 Å². The van der Waals surface area contributed by atoms with Gasteiger partial charge < -0.3 is 10.1 Å². The van der Waals surface area contributed by atoms with E-state index in [9.17, 15) is 8.78 Å². The van der Waals surface area contributed by atoms with Crippen LogP contribution in [0.2, 0.25) is 4.34 Å². The zero-order chi connectivity index (χ0) is 14.5. The molecule has 2 aromatic rings. The number of rotatable bonds is 6. The summed E-state index contributed by atoms with van der Waals surface area (Å²) in [5, 5.41) is 3.13. The fourth-order valence-corrected chi connectivity index (χ4v) is 2.99. The highest BCUT2D eigenvalue weighted by Gasteiger charge is 2.10. The highest BCUT2D eigenvalue weighted by Crippen LogP contribution is 2.25. The summed E-state index contributed by atoms with van der Waals surface area (Å²) in [6, 6.07) is 6.22. The lowest BCUT2D eigenvalue weighted by Crippen LogP contribution is -2.20. The fourth-order valence-electron chi connectivity index (χ4n) is 1.53. The highest BCUT2D eigenvalue weighted by molar-refractivity contribution is 9.10. The molecule has 1 aromatic carbocycles. The van der Waals surface area contributed by atoms with Crippen LogP contribution in [0.1, 0.15) is 4.88 Å². The Balaban J connectivity index is 1.76. The van der Waals surface area contributed by atoms with E-state index in [0.717, 1.165) is 15.3 Å². The number of nitrogens with one attached hydrogen (secondary N) is 1. The molecule has 108 valence electrons. The van der Waals surface area contributed by atoms with E-state index in [1.807, 2.05) is 12.1 Å². The molecule has 2 nitrogen and oxygen atoms in total. The number of hydrogen-bond donors (Lipinski definition) is 1. The molecule has 1 aromatic heterocycles. The smallest absolute Gasteiger partial charge is 0.200 e. The van der Waals surface area contributed by atoms with Crippen LogP contribution in [0.3, 0.4) is 0 Å². The van der Waals surface area contributed by atoms with Crippen LogP contribution in [-0.2, 0) is 6.54 Å². The van der Waals surface area contributed by atoms with Crippen LogP contribution in [-0.4, -0.2) is 13.2 Å². The molecule has 0 amide bonds. The molecule has 0 aliphatic carbocycles. The van der Waals surface area contributed by atoms with Gasteiger partial charge in [0.1, 0.15) is 6.61 Å². The molecule has 2 rings (SSSR count). The van der Waals surface area contributed by atoms with Gasteiger partial charge in [0, 0.05) is 22.4 Å².